The van der Waals surface area contributed by atoms with Crippen LogP contribution in [0.1, 0.15) is 62.1 Å². The number of fused-ring (bicyclic) bond motifs is 5. The summed E-state index contributed by atoms with van der Waals surface area (Å²) in [7, 11) is 0. The van der Waals surface area contributed by atoms with Gasteiger partial charge >= 0.3 is 0 Å². The first-order chi connectivity index (χ1) is 10.5. The quantitative estimate of drug-likeness (QED) is 0.796. The molecule has 1 nitrogen and oxygen atoms in total. The van der Waals surface area contributed by atoms with Gasteiger partial charge in [0.1, 0.15) is 0 Å². The second-order valence-electron chi connectivity index (χ2n) is 8.63. The summed E-state index contributed by atoms with van der Waals surface area (Å²) in [4.78, 5) is 0. The van der Waals surface area contributed by atoms with E-state index in [1.54, 1.807) is 11.1 Å². The summed E-state index contributed by atoms with van der Waals surface area (Å²) in [5.74, 6) is 3.68. The lowest BCUT2D eigenvalue weighted by molar-refractivity contribution is 0.0296. The van der Waals surface area contributed by atoms with E-state index in [9.17, 15) is 5.11 Å². The molecule has 0 amide bonds. The molecule has 2 saturated carbocycles. The van der Waals surface area contributed by atoms with Crippen molar-refractivity contribution in [3.05, 3.63) is 34.9 Å². The van der Waals surface area contributed by atoms with Crippen molar-refractivity contribution in [1.82, 2.24) is 0 Å². The highest BCUT2D eigenvalue weighted by Crippen LogP contribution is 2.64. The summed E-state index contributed by atoms with van der Waals surface area (Å²) in [5, 5.41) is 9.78. The summed E-state index contributed by atoms with van der Waals surface area (Å²) in [6.45, 7) is 7.54. The Balaban J connectivity index is 1.69. The summed E-state index contributed by atoms with van der Waals surface area (Å²) in [6.07, 6.45) is 6.60. The maximum Gasteiger partial charge on any atom is 0.0462 e. The van der Waals surface area contributed by atoms with Crippen molar-refractivity contribution >= 4 is 0 Å². The lowest BCUT2D eigenvalue weighted by Crippen LogP contribution is -2.41. The van der Waals surface area contributed by atoms with Gasteiger partial charge in [0.05, 0.1) is 0 Å². The van der Waals surface area contributed by atoms with Crippen LogP contribution in [-0.4, -0.2) is 11.7 Å². The second-order valence-corrected chi connectivity index (χ2v) is 8.63. The van der Waals surface area contributed by atoms with E-state index >= 15 is 0 Å². The Hall–Kier alpha value is -0.820. The van der Waals surface area contributed by atoms with E-state index in [4.69, 9.17) is 0 Å². The first-order valence-electron chi connectivity index (χ1n) is 9.25. The molecule has 0 heterocycles. The first-order valence-corrected chi connectivity index (χ1v) is 9.25. The van der Waals surface area contributed by atoms with Crippen molar-refractivity contribution in [1.29, 1.82) is 0 Å². The molecule has 1 aromatic carbocycles. The van der Waals surface area contributed by atoms with Crippen molar-refractivity contribution in [3.8, 4) is 0 Å². The van der Waals surface area contributed by atoms with E-state index in [1.165, 1.54) is 37.7 Å². The molecule has 0 radical (unpaired) electrons. The Labute approximate surface area is 135 Å². The van der Waals surface area contributed by atoms with E-state index in [0.29, 0.717) is 23.9 Å². The Morgan fingerprint density at radius 3 is 2.86 bits per heavy atom. The van der Waals surface area contributed by atoms with Crippen LogP contribution >= 0.6 is 0 Å². The molecule has 22 heavy (non-hydrogen) atoms. The minimum absolute atomic E-state index is 0.389. The maximum atomic E-state index is 9.78. The average Bonchev–Trinajstić information content (AvgIpc) is 2.78. The fraction of sp³-hybridized carbons (Fsp3) is 0.714. The molecule has 0 bridgehead atoms. The normalized spacial score (nSPS) is 43.4. The van der Waals surface area contributed by atoms with E-state index in [-0.39, 0.29) is 0 Å². The summed E-state index contributed by atoms with van der Waals surface area (Å²) in [5.41, 5.74) is 5.16. The number of hydrogen-bond acceptors (Lipinski definition) is 1. The summed E-state index contributed by atoms with van der Waals surface area (Å²) >= 11 is 0. The van der Waals surface area contributed by atoms with E-state index in [0.717, 1.165) is 17.8 Å². The molecule has 120 valence electrons. The molecule has 4 unspecified atom stereocenters. The van der Waals surface area contributed by atoms with Crippen molar-refractivity contribution < 1.29 is 5.11 Å². The third-order valence-corrected chi connectivity index (χ3v) is 7.86. The third-order valence-electron chi connectivity index (χ3n) is 7.86. The SMILES string of the molecule is Cc1ccc2c(c1)CCC1C2CC[C@@]2(C)C1CC(CO)[C@@H]2C. The molecule has 3 aliphatic rings. The molecule has 0 saturated heterocycles. The Bertz CT molecular complexity index is 577. The minimum atomic E-state index is 0.389. The molecule has 0 aromatic heterocycles. The van der Waals surface area contributed by atoms with Crippen molar-refractivity contribution in [2.24, 2.45) is 29.1 Å². The number of hydrogen-bond donors (Lipinski definition) is 1. The van der Waals surface area contributed by atoms with E-state index in [1.807, 2.05) is 0 Å². The number of aliphatic hydroxyl groups excluding tert-OH is 1. The monoisotopic (exact) mass is 298 g/mol. The van der Waals surface area contributed by atoms with Gasteiger partial charge in [0.15, 0.2) is 0 Å². The Morgan fingerprint density at radius 2 is 2.09 bits per heavy atom. The van der Waals surface area contributed by atoms with Crippen LogP contribution in [0.5, 0.6) is 0 Å². The zero-order valence-electron chi connectivity index (χ0n) is 14.3. The molecule has 4 rings (SSSR count). The van der Waals surface area contributed by atoms with Gasteiger partial charge in [0, 0.05) is 6.61 Å². The molecule has 0 spiro atoms. The van der Waals surface area contributed by atoms with Gasteiger partial charge < -0.3 is 5.11 Å². The van der Waals surface area contributed by atoms with Gasteiger partial charge in [-0.05, 0) is 85.2 Å². The summed E-state index contributed by atoms with van der Waals surface area (Å²) in [6, 6.07) is 7.15. The highest BCUT2D eigenvalue weighted by molar-refractivity contribution is 5.37. The van der Waals surface area contributed by atoms with Crippen LogP contribution in [0.4, 0.5) is 0 Å². The van der Waals surface area contributed by atoms with Gasteiger partial charge in [-0.1, -0.05) is 37.6 Å². The zero-order chi connectivity index (χ0) is 15.5. The van der Waals surface area contributed by atoms with Crippen LogP contribution in [0.3, 0.4) is 0 Å². The topological polar surface area (TPSA) is 20.2 Å². The number of benzene rings is 1. The summed E-state index contributed by atoms with van der Waals surface area (Å²) < 4.78 is 0. The maximum absolute atomic E-state index is 9.78. The van der Waals surface area contributed by atoms with Gasteiger partial charge in [-0.15, -0.1) is 0 Å². The van der Waals surface area contributed by atoms with Crippen molar-refractivity contribution in [2.45, 2.75) is 58.8 Å². The van der Waals surface area contributed by atoms with Crippen molar-refractivity contribution in [2.75, 3.05) is 6.61 Å². The van der Waals surface area contributed by atoms with Gasteiger partial charge in [0.2, 0.25) is 0 Å². The highest BCUT2D eigenvalue weighted by Gasteiger charge is 2.56. The first kappa shape index (κ1) is 14.8. The standard InChI is InChI=1S/C21H30O/c1-13-4-6-17-15(10-13)5-7-19-18(17)8-9-21(3)14(2)16(12-22)11-20(19)21/h4,6,10,14,16,18-20,22H,5,7-9,11-12H2,1-3H3/t14-,16?,18?,19?,20?,21+/m0/s1. The van der Waals surface area contributed by atoms with Crippen LogP contribution in [0.25, 0.3) is 0 Å². The Kier molecular flexibility index (Phi) is 3.41. The molecule has 1 aromatic rings. The fourth-order valence-electron chi connectivity index (χ4n) is 6.37. The molecule has 1 N–H and O–H groups in total. The molecule has 0 aliphatic heterocycles. The van der Waals surface area contributed by atoms with Gasteiger partial charge in [-0.3, -0.25) is 0 Å². The number of aryl methyl sites for hydroxylation is 2. The predicted octanol–water partition coefficient (Wildman–Crippen LogP) is 4.71. The van der Waals surface area contributed by atoms with E-state index < -0.39 is 0 Å². The predicted molar refractivity (Wildman–Crippen MR) is 90.9 cm³/mol. The molecular formula is C21H30O. The van der Waals surface area contributed by atoms with Gasteiger partial charge in [-0.2, -0.15) is 0 Å². The average molecular weight is 298 g/mol. The highest BCUT2D eigenvalue weighted by atomic mass is 16.3. The van der Waals surface area contributed by atoms with Crippen LogP contribution in [0.2, 0.25) is 0 Å². The molecule has 1 heteroatoms. The van der Waals surface area contributed by atoms with Crippen LogP contribution in [-0.2, 0) is 6.42 Å². The van der Waals surface area contributed by atoms with Crippen molar-refractivity contribution in [3.63, 3.8) is 0 Å². The fourth-order valence-corrected chi connectivity index (χ4v) is 6.37. The van der Waals surface area contributed by atoms with Gasteiger partial charge in [-0.25, -0.2) is 0 Å². The molecule has 6 atom stereocenters. The lowest BCUT2D eigenvalue weighted by Gasteiger charge is -2.50. The molecule has 2 fully saturated rings. The van der Waals surface area contributed by atoms with Crippen LogP contribution < -0.4 is 0 Å². The smallest absolute Gasteiger partial charge is 0.0462 e. The lowest BCUT2D eigenvalue weighted by atomic mass is 9.54. The van der Waals surface area contributed by atoms with Crippen LogP contribution in [0, 0.1) is 36.0 Å². The molecular weight excluding hydrogens is 268 g/mol. The zero-order valence-corrected chi connectivity index (χ0v) is 14.3. The second kappa shape index (κ2) is 5.09. The molecule has 3 aliphatic carbocycles. The number of aliphatic hydroxyl groups is 1. The largest absolute Gasteiger partial charge is 0.396 e. The van der Waals surface area contributed by atoms with E-state index in [2.05, 4.69) is 39.0 Å². The number of rotatable bonds is 1. The van der Waals surface area contributed by atoms with Crippen LogP contribution in [0.15, 0.2) is 18.2 Å². The Morgan fingerprint density at radius 1 is 1.27 bits per heavy atom. The minimum Gasteiger partial charge on any atom is -0.396 e. The van der Waals surface area contributed by atoms with Gasteiger partial charge in [0.25, 0.3) is 0 Å². The third kappa shape index (κ3) is 1.94.